The van der Waals surface area contributed by atoms with Crippen LogP contribution in [0, 0.1) is 0 Å². The second-order valence-electron chi connectivity index (χ2n) is 5.15. The Bertz CT molecular complexity index is 409. The Labute approximate surface area is 120 Å². The van der Waals surface area contributed by atoms with E-state index in [-0.39, 0.29) is 12.4 Å². The van der Waals surface area contributed by atoms with Crippen LogP contribution in [0.15, 0.2) is 24.3 Å². The van der Waals surface area contributed by atoms with Gasteiger partial charge in [0.25, 0.3) is 0 Å². The highest BCUT2D eigenvalue weighted by molar-refractivity contribution is 5.69. The summed E-state index contributed by atoms with van der Waals surface area (Å²) in [5, 5.41) is 10.3. The van der Waals surface area contributed by atoms with E-state index in [9.17, 15) is 9.90 Å². The average molecular weight is 280 g/mol. The van der Waals surface area contributed by atoms with E-state index in [4.69, 9.17) is 9.47 Å². The maximum absolute atomic E-state index is 11.3. The lowest BCUT2D eigenvalue weighted by Gasteiger charge is -2.22. The van der Waals surface area contributed by atoms with Gasteiger partial charge in [-0.05, 0) is 50.8 Å². The zero-order valence-corrected chi connectivity index (χ0v) is 12.5. The van der Waals surface area contributed by atoms with Gasteiger partial charge in [-0.3, -0.25) is 4.79 Å². The fourth-order valence-corrected chi connectivity index (χ4v) is 1.94. The van der Waals surface area contributed by atoms with Gasteiger partial charge in [-0.2, -0.15) is 0 Å². The summed E-state index contributed by atoms with van der Waals surface area (Å²) >= 11 is 0. The van der Waals surface area contributed by atoms with Gasteiger partial charge in [0.05, 0.1) is 19.3 Å². The number of aryl methyl sites for hydroxylation is 1. The molecule has 0 saturated carbocycles. The molecule has 0 aliphatic carbocycles. The largest absolute Gasteiger partial charge is 0.497 e. The highest BCUT2D eigenvalue weighted by Gasteiger charge is 2.21. The van der Waals surface area contributed by atoms with Gasteiger partial charge in [0.2, 0.25) is 0 Å². The van der Waals surface area contributed by atoms with Gasteiger partial charge in [-0.15, -0.1) is 0 Å². The fourth-order valence-electron chi connectivity index (χ4n) is 1.94. The third kappa shape index (κ3) is 6.06. The van der Waals surface area contributed by atoms with Crippen LogP contribution in [-0.4, -0.2) is 30.4 Å². The molecule has 0 bridgehead atoms. The van der Waals surface area contributed by atoms with Gasteiger partial charge in [-0.1, -0.05) is 12.1 Å². The van der Waals surface area contributed by atoms with Crippen LogP contribution in [0.4, 0.5) is 0 Å². The Morgan fingerprint density at radius 3 is 2.45 bits per heavy atom. The van der Waals surface area contributed by atoms with Crippen LogP contribution < -0.4 is 4.74 Å². The fraction of sp³-hybridized carbons (Fsp3) is 0.562. The van der Waals surface area contributed by atoms with Crippen LogP contribution in [0.1, 0.15) is 38.7 Å². The first-order valence-electron chi connectivity index (χ1n) is 6.98. The Balaban J connectivity index is 2.39. The van der Waals surface area contributed by atoms with Crippen molar-refractivity contribution in [2.45, 2.75) is 45.1 Å². The number of esters is 1. The normalized spacial score (nSPS) is 13.6. The minimum Gasteiger partial charge on any atom is -0.497 e. The molecule has 4 heteroatoms. The molecule has 112 valence electrons. The van der Waals surface area contributed by atoms with E-state index in [1.165, 1.54) is 0 Å². The molecule has 1 unspecified atom stereocenters. The molecular formula is C16H24O4. The molecule has 1 atom stereocenters. The second-order valence-corrected chi connectivity index (χ2v) is 5.15. The van der Waals surface area contributed by atoms with Crippen molar-refractivity contribution >= 4 is 5.97 Å². The quantitative estimate of drug-likeness (QED) is 0.744. The van der Waals surface area contributed by atoms with E-state index in [0.717, 1.165) is 17.7 Å². The Morgan fingerprint density at radius 1 is 1.25 bits per heavy atom. The third-order valence-electron chi connectivity index (χ3n) is 3.28. The van der Waals surface area contributed by atoms with Gasteiger partial charge < -0.3 is 14.6 Å². The second kappa shape index (κ2) is 7.90. The molecule has 20 heavy (non-hydrogen) atoms. The number of carbonyl (C=O) groups excluding carboxylic acids is 1. The Kier molecular flexibility index (Phi) is 6.52. The predicted molar refractivity (Wildman–Crippen MR) is 77.8 cm³/mol. The summed E-state index contributed by atoms with van der Waals surface area (Å²) in [6.45, 7) is 3.92. The van der Waals surface area contributed by atoms with E-state index in [0.29, 0.717) is 19.4 Å². The molecule has 0 aliphatic heterocycles. The number of methoxy groups -OCH3 is 1. The predicted octanol–water partition coefficient (Wildman–Crippen LogP) is 2.72. The lowest BCUT2D eigenvalue weighted by Crippen LogP contribution is -2.26. The summed E-state index contributed by atoms with van der Waals surface area (Å²) in [7, 11) is 1.63. The van der Waals surface area contributed by atoms with Crippen molar-refractivity contribution < 1.29 is 19.4 Å². The standard InChI is InChI=1S/C16H24O4/c1-4-20-15(17)10-12-16(2,18)11-9-13-5-7-14(19-3)8-6-13/h5-8,18H,4,9-12H2,1-3H3. The zero-order valence-electron chi connectivity index (χ0n) is 12.5. The minimum absolute atomic E-state index is 0.253. The molecule has 1 aromatic carbocycles. The molecular weight excluding hydrogens is 256 g/mol. The molecule has 1 N–H and O–H groups in total. The topological polar surface area (TPSA) is 55.8 Å². The molecule has 1 aromatic rings. The van der Waals surface area contributed by atoms with E-state index in [1.54, 1.807) is 21.0 Å². The SMILES string of the molecule is CCOC(=O)CCC(C)(O)CCc1ccc(OC)cc1. The van der Waals surface area contributed by atoms with Gasteiger partial charge in [0.1, 0.15) is 5.75 Å². The Morgan fingerprint density at radius 2 is 1.90 bits per heavy atom. The summed E-state index contributed by atoms with van der Waals surface area (Å²) in [5.41, 5.74) is 0.286. The first kappa shape index (κ1) is 16.5. The smallest absolute Gasteiger partial charge is 0.305 e. The zero-order chi connectivity index (χ0) is 15.0. The van der Waals surface area contributed by atoms with E-state index >= 15 is 0 Å². The molecule has 0 saturated heterocycles. The van der Waals surface area contributed by atoms with Crippen molar-refractivity contribution in [3.63, 3.8) is 0 Å². The van der Waals surface area contributed by atoms with Crippen LogP contribution in [0.25, 0.3) is 0 Å². The first-order chi connectivity index (χ1) is 9.46. The van der Waals surface area contributed by atoms with Crippen molar-refractivity contribution in [3.8, 4) is 5.75 Å². The number of ether oxygens (including phenoxy) is 2. The minimum atomic E-state index is -0.854. The third-order valence-corrected chi connectivity index (χ3v) is 3.28. The van der Waals surface area contributed by atoms with E-state index in [2.05, 4.69) is 0 Å². The summed E-state index contributed by atoms with van der Waals surface area (Å²) in [6, 6.07) is 7.78. The van der Waals surface area contributed by atoms with Gasteiger partial charge in [0.15, 0.2) is 0 Å². The van der Waals surface area contributed by atoms with Crippen LogP contribution in [0.2, 0.25) is 0 Å². The van der Waals surface area contributed by atoms with E-state index < -0.39 is 5.60 Å². The Hall–Kier alpha value is -1.55. The maximum atomic E-state index is 11.3. The van der Waals surface area contributed by atoms with Crippen LogP contribution in [0.5, 0.6) is 5.75 Å². The van der Waals surface area contributed by atoms with Crippen molar-refractivity contribution in [1.82, 2.24) is 0 Å². The van der Waals surface area contributed by atoms with Crippen molar-refractivity contribution in [3.05, 3.63) is 29.8 Å². The number of hydrogen-bond acceptors (Lipinski definition) is 4. The van der Waals surface area contributed by atoms with E-state index in [1.807, 2.05) is 24.3 Å². The average Bonchev–Trinajstić information content (AvgIpc) is 2.44. The number of benzene rings is 1. The molecule has 0 aromatic heterocycles. The maximum Gasteiger partial charge on any atom is 0.305 e. The first-order valence-corrected chi connectivity index (χ1v) is 6.98. The highest BCUT2D eigenvalue weighted by Crippen LogP contribution is 2.21. The molecule has 0 radical (unpaired) electrons. The highest BCUT2D eigenvalue weighted by atomic mass is 16.5. The number of rotatable bonds is 8. The van der Waals surface area contributed by atoms with Crippen molar-refractivity contribution in [1.29, 1.82) is 0 Å². The molecule has 0 amide bonds. The molecule has 0 aliphatic rings. The van der Waals surface area contributed by atoms with Crippen LogP contribution >= 0.6 is 0 Å². The lowest BCUT2D eigenvalue weighted by molar-refractivity contribution is -0.144. The summed E-state index contributed by atoms with van der Waals surface area (Å²) < 4.78 is 9.96. The molecule has 4 nitrogen and oxygen atoms in total. The van der Waals surface area contributed by atoms with Crippen molar-refractivity contribution in [2.24, 2.45) is 0 Å². The van der Waals surface area contributed by atoms with Gasteiger partial charge >= 0.3 is 5.97 Å². The molecule has 0 spiro atoms. The van der Waals surface area contributed by atoms with Gasteiger partial charge in [-0.25, -0.2) is 0 Å². The number of aliphatic hydroxyl groups is 1. The molecule has 0 fully saturated rings. The van der Waals surface area contributed by atoms with Gasteiger partial charge in [0, 0.05) is 6.42 Å². The molecule has 0 heterocycles. The monoisotopic (exact) mass is 280 g/mol. The summed E-state index contributed by atoms with van der Waals surface area (Å²) in [4.78, 5) is 11.3. The number of hydrogen-bond donors (Lipinski definition) is 1. The van der Waals surface area contributed by atoms with Crippen molar-refractivity contribution in [2.75, 3.05) is 13.7 Å². The van der Waals surface area contributed by atoms with Crippen LogP contribution in [0.3, 0.4) is 0 Å². The molecule has 1 rings (SSSR count). The number of carbonyl (C=O) groups is 1. The summed E-state index contributed by atoms with van der Waals surface area (Å²) in [5.74, 6) is 0.569. The van der Waals surface area contributed by atoms with Crippen LogP contribution in [-0.2, 0) is 16.0 Å². The lowest BCUT2D eigenvalue weighted by atomic mass is 9.92. The summed E-state index contributed by atoms with van der Waals surface area (Å²) in [6.07, 6.45) is 2.05.